The molecule has 1 heteroatoms. The second-order valence-corrected chi connectivity index (χ2v) is 15.4. The van der Waals surface area contributed by atoms with E-state index in [-0.39, 0.29) is 0 Å². The van der Waals surface area contributed by atoms with Crippen LogP contribution >= 0.6 is 0 Å². The Labute approximate surface area is 319 Å². The number of hydrogen-bond donors (Lipinski definition) is 0. The quantitative estimate of drug-likeness (QED) is 0.166. The second kappa shape index (κ2) is 10.4. The summed E-state index contributed by atoms with van der Waals surface area (Å²) in [5.74, 6) is 1.82. The van der Waals surface area contributed by atoms with Crippen LogP contribution in [0.2, 0.25) is 0 Å². The zero-order chi connectivity index (χ0) is 35.9. The Hall–Kier alpha value is -6.96. The van der Waals surface area contributed by atoms with Crippen molar-refractivity contribution < 1.29 is 4.74 Å². The highest BCUT2D eigenvalue weighted by atomic mass is 16.5. The van der Waals surface area contributed by atoms with Crippen LogP contribution in [0.1, 0.15) is 44.5 Å². The average Bonchev–Trinajstić information content (AvgIpc) is 3.84. The fraction of sp³-hybridized carbons (Fsp3) is 0.0370. The third kappa shape index (κ3) is 3.42. The molecule has 0 amide bonds. The molecule has 3 aliphatic carbocycles. The van der Waals surface area contributed by atoms with Crippen LogP contribution < -0.4 is 4.74 Å². The summed E-state index contributed by atoms with van der Waals surface area (Å²) in [4.78, 5) is 0. The Morgan fingerprint density at radius 2 is 0.782 bits per heavy atom. The zero-order valence-corrected chi connectivity index (χ0v) is 29.9. The molecule has 1 nitrogen and oxygen atoms in total. The number of benzene rings is 9. The lowest BCUT2D eigenvalue weighted by atomic mass is 9.64. The van der Waals surface area contributed by atoms with Crippen molar-refractivity contribution in [1.82, 2.24) is 0 Å². The van der Waals surface area contributed by atoms with Crippen molar-refractivity contribution in [2.24, 2.45) is 0 Å². The Morgan fingerprint density at radius 1 is 0.291 bits per heavy atom. The topological polar surface area (TPSA) is 9.23 Å². The molecule has 55 heavy (non-hydrogen) atoms. The zero-order valence-electron chi connectivity index (χ0n) is 29.9. The Kier molecular flexibility index (Phi) is 5.56. The van der Waals surface area contributed by atoms with E-state index in [0.29, 0.717) is 0 Å². The Morgan fingerprint density at radius 3 is 1.47 bits per heavy atom. The summed E-state index contributed by atoms with van der Waals surface area (Å²) in [7, 11) is 0. The molecule has 1 unspecified atom stereocenters. The maximum Gasteiger partial charge on any atom is 0.132 e. The van der Waals surface area contributed by atoms with Gasteiger partial charge in [0.25, 0.3) is 0 Å². The van der Waals surface area contributed by atoms with Crippen molar-refractivity contribution in [2.75, 3.05) is 0 Å². The predicted molar refractivity (Wildman–Crippen MR) is 223 cm³/mol. The fourth-order valence-electron chi connectivity index (χ4n) is 11.2. The Balaban J connectivity index is 1.12. The summed E-state index contributed by atoms with van der Waals surface area (Å²) in [5.41, 5.74) is 19.7. The van der Waals surface area contributed by atoms with Gasteiger partial charge >= 0.3 is 0 Å². The molecule has 9 aromatic carbocycles. The van der Waals surface area contributed by atoms with Gasteiger partial charge in [-0.2, -0.15) is 0 Å². The highest BCUT2D eigenvalue weighted by molar-refractivity contribution is 6.04. The normalized spacial score (nSPS) is 16.7. The summed E-state index contributed by atoms with van der Waals surface area (Å²) < 4.78 is 6.90. The molecule has 0 fully saturated rings. The summed E-state index contributed by atoms with van der Waals surface area (Å²) in [6.07, 6.45) is 0. The maximum absolute atomic E-state index is 6.90. The van der Waals surface area contributed by atoms with E-state index in [9.17, 15) is 0 Å². The molecular formula is C54H32O. The van der Waals surface area contributed by atoms with Gasteiger partial charge in [0, 0.05) is 11.1 Å². The van der Waals surface area contributed by atoms with Gasteiger partial charge in [-0.3, -0.25) is 0 Å². The van der Waals surface area contributed by atoms with Crippen LogP contribution in [0.5, 0.6) is 11.5 Å². The number of ether oxygens (including phenoxy) is 1. The van der Waals surface area contributed by atoms with Crippen molar-refractivity contribution in [3.8, 4) is 56.0 Å². The van der Waals surface area contributed by atoms with Crippen LogP contribution in [-0.2, 0) is 10.8 Å². The molecule has 9 aromatic rings. The molecule has 1 aliphatic heterocycles. The van der Waals surface area contributed by atoms with Crippen LogP contribution in [0.15, 0.2) is 194 Å². The van der Waals surface area contributed by atoms with Gasteiger partial charge in [0.1, 0.15) is 11.5 Å². The standard InChI is InChI=1S/C54H32O/c1-2-15-35-33(14-1)28-30-41-39-18-5-9-23-45(39)53(51(35)41)46-24-10-6-19-40(46)42-32-34(29-31-47(42)53)36-20-13-27-50-52(36)54(48-25-11-12-26-49(48)55-50)43-21-7-3-16-37(43)38-17-4-8-22-44(38)54/h1-32H. The molecule has 0 N–H and O–H groups in total. The van der Waals surface area contributed by atoms with Crippen LogP contribution in [-0.4, -0.2) is 0 Å². The van der Waals surface area contributed by atoms with Gasteiger partial charge in [-0.05, 0) is 107 Å². The number of fused-ring (bicyclic) bond motifs is 21. The van der Waals surface area contributed by atoms with E-state index in [2.05, 4.69) is 194 Å². The third-order valence-electron chi connectivity index (χ3n) is 13.1. The van der Waals surface area contributed by atoms with Crippen LogP contribution in [0.25, 0.3) is 55.3 Å². The minimum absolute atomic E-state index is 0.431. The van der Waals surface area contributed by atoms with E-state index < -0.39 is 10.8 Å². The first-order valence-electron chi connectivity index (χ1n) is 19.3. The third-order valence-corrected chi connectivity index (χ3v) is 13.1. The Bertz CT molecular complexity index is 3100. The van der Waals surface area contributed by atoms with E-state index in [0.717, 1.165) is 11.5 Å². The van der Waals surface area contributed by atoms with Crippen molar-refractivity contribution >= 4 is 10.8 Å². The van der Waals surface area contributed by atoms with Gasteiger partial charge < -0.3 is 4.74 Å². The molecule has 0 bridgehead atoms. The van der Waals surface area contributed by atoms with Crippen molar-refractivity contribution in [2.45, 2.75) is 10.8 Å². The van der Waals surface area contributed by atoms with E-state index in [4.69, 9.17) is 4.74 Å². The molecule has 2 spiro atoms. The number of hydrogen-bond acceptors (Lipinski definition) is 1. The monoisotopic (exact) mass is 696 g/mol. The highest BCUT2D eigenvalue weighted by Gasteiger charge is 2.54. The molecule has 13 rings (SSSR count). The summed E-state index contributed by atoms with van der Waals surface area (Å²) in [6.45, 7) is 0. The molecule has 4 aliphatic rings. The van der Waals surface area contributed by atoms with Gasteiger partial charge in [-0.25, -0.2) is 0 Å². The van der Waals surface area contributed by atoms with Crippen molar-refractivity contribution in [3.05, 3.63) is 239 Å². The van der Waals surface area contributed by atoms with Gasteiger partial charge in [0.2, 0.25) is 0 Å². The predicted octanol–water partition coefficient (Wildman–Crippen LogP) is 13.3. The van der Waals surface area contributed by atoms with Crippen molar-refractivity contribution in [3.63, 3.8) is 0 Å². The fourth-order valence-corrected chi connectivity index (χ4v) is 11.2. The lowest BCUT2D eigenvalue weighted by Gasteiger charge is -2.40. The van der Waals surface area contributed by atoms with E-state index >= 15 is 0 Å². The van der Waals surface area contributed by atoms with Gasteiger partial charge in [0.15, 0.2) is 0 Å². The summed E-state index contributed by atoms with van der Waals surface area (Å²) in [5, 5.41) is 2.59. The SMILES string of the molecule is c1ccc2c(c1)Oc1cccc(-c3ccc4c(c3)-c3ccccc3C43c4ccccc4-c4ccc5ccccc5c43)c1C21c2ccccc2-c2ccccc21. The van der Waals surface area contributed by atoms with Gasteiger partial charge in [-0.1, -0.05) is 176 Å². The largest absolute Gasteiger partial charge is 0.457 e. The second-order valence-electron chi connectivity index (χ2n) is 15.4. The first kappa shape index (κ1) is 29.5. The number of rotatable bonds is 1. The van der Waals surface area contributed by atoms with Crippen LogP contribution in [0.3, 0.4) is 0 Å². The molecule has 0 radical (unpaired) electrons. The van der Waals surface area contributed by atoms with E-state index in [1.54, 1.807) is 0 Å². The minimum atomic E-state index is -0.547. The molecule has 1 heterocycles. The molecule has 0 saturated carbocycles. The maximum atomic E-state index is 6.90. The number of para-hydroxylation sites is 1. The molecule has 0 saturated heterocycles. The lowest BCUT2D eigenvalue weighted by molar-refractivity contribution is 0.437. The molecule has 0 aromatic heterocycles. The lowest BCUT2D eigenvalue weighted by Crippen LogP contribution is -2.32. The first-order valence-corrected chi connectivity index (χ1v) is 19.3. The highest BCUT2D eigenvalue weighted by Crippen LogP contribution is 2.66. The van der Waals surface area contributed by atoms with Crippen molar-refractivity contribution in [1.29, 1.82) is 0 Å². The molecular weight excluding hydrogens is 665 g/mol. The van der Waals surface area contributed by atoms with Gasteiger partial charge in [0.05, 0.1) is 10.8 Å². The van der Waals surface area contributed by atoms with Crippen LogP contribution in [0.4, 0.5) is 0 Å². The first-order chi connectivity index (χ1) is 27.3. The molecule has 254 valence electrons. The van der Waals surface area contributed by atoms with Gasteiger partial charge in [-0.15, -0.1) is 0 Å². The van der Waals surface area contributed by atoms with Crippen LogP contribution in [0, 0.1) is 0 Å². The van der Waals surface area contributed by atoms with E-state index in [1.165, 1.54) is 99.8 Å². The average molecular weight is 697 g/mol. The van der Waals surface area contributed by atoms with E-state index in [1.807, 2.05) is 0 Å². The smallest absolute Gasteiger partial charge is 0.132 e. The summed E-state index contributed by atoms with van der Waals surface area (Å²) >= 11 is 0. The molecule has 1 atom stereocenters. The summed E-state index contributed by atoms with van der Waals surface area (Å²) in [6, 6.07) is 72.4. The minimum Gasteiger partial charge on any atom is -0.457 e.